The number of hydrogen-bond acceptors (Lipinski definition) is 0. The monoisotopic (exact) mass is 910 g/mol. The molecule has 0 aromatic heterocycles. The van der Waals surface area contributed by atoms with Crippen LogP contribution in [0.5, 0.6) is 0 Å². The molecule has 0 N–H and O–H groups in total. The SMILES string of the molecule is Cc1cc2ccccc2c2ccccc12.Cc1ccc2c(ccc3ccccc32)c1.Cc1ccc2cc3ccccc3cc2c1.Cc1ccc2ccccc2c1.Cc1cccc2cc3ccccc3cc12. The Morgan fingerprint density at radius 1 is 0.155 bits per heavy atom. The summed E-state index contributed by atoms with van der Waals surface area (Å²) < 4.78 is 0. The fourth-order valence-corrected chi connectivity index (χ4v) is 9.86. The van der Waals surface area contributed by atoms with E-state index < -0.39 is 0 Å². The third-order valence-corrected chi connectivity index (χ3v) is 13.6. The lowest BCUT2D eigenvalue weighted by molar-refractivity contribution is 1.51. The fraction of sp³-hybridized carbons (Fsp3) is 0.0704. The number of benzene rings is 14. The molecular formula is C71H58. The van der Waals surface area contributed by atoms with Gasteiger partial charge in [-0.1, -0.05) is 253 Å². The van der Waals surface area contributed by atoms with E-state index in [-0.39, 0.29) is 0 Å². The Balaban J connectivity index is 0.000000103. The summed E-state index contributed by atoms with van der Waals surface area (Å²) in [4.78, 5) is 0. The van der Waals surface area contributed by atoms with Crippen molar-refractivity contribution < 1.29 is 0 Å². The van der Waals surface area contributed by atoms with Gasteiger partial charge in [0.25, 0.3) is 0 Å². The maximum absolute atomic E-state index is 2.28. The van der Waals surface area contributed by atoms with Crippen LogP contribution >= 0.6 is 0 Å². The zero-order valence-corrected chi connectivity index (χ0v) is 41.3. The Morgan fingerprint density at radius 3 is 1.14 bits per heavy atom. The van der Waals surface area contributed by atoms with E-state index in [1.54, 1.807) is 0 Å². The molecule has 0 spiro atoms. The highest BCUT2D eigenvalue weighted by Gasteiger charge is 2.03. The van der Waals surface area contributed by atoms with Crippen LogP contribution < -0.4 is 0 Å². The third-order valence-electron chi connectivity index (χ3n) is 13.6. The molecule has 0 atom stereocenters. The molecule has 0 heterocycles. The zero-order chi connectivity index (χ0) is 48.7. The van der Waals surface area contributed by atoms with Gasteiger partial charge in [-0.25, -0.2) is 0 Å². The molecule has 14 aromatic carbocycles. The number of aryl methyl sites for hydroxylation is 5. The second-order valence-electron chi connectivity index (χ2n) is 18.9. The lowest BCUT2D eigenvalue weighted by Gasteiger charge is -2.06. The number of fused-ring (bicyclic) bond motifs is 11. The average Bonchev–Trinajstić information content (AvgIpc) is 3.40. The Bertz CT molecular complexity index is 4140. The van der Waals surface area contributed by atoms with Gasteiger partial charge in [0, 0.05) is 0 Å². The van der Waals surface area contributed by atoms with Gasteiger partial charge in [0.05, 0.1) is 0 Å². The van der Waals surface area contributed by atoms with E-state index in [1.165, 1.54) is 125 Å². The molecule has 14 aromatic rings. The van der Waals surface area contributed by atoms with E-state index in [0.717, 1.165) is 0 Å². The topological polar surface area (TPSA) is 0 Å². The summed E-state index contributed by atoms with van der Waals surface area (Å²) in [6.07, 6.45) is 0. The minimum Gasteiger partial charge on any atom is -0.0616 e. The van der Waals surface area contributed by atoms with Crippen LogP contribution in [-0.4, -0.2) is 0 Å². The average molecular weight is 911 g/mol. The van der Waals surface area contributed by atoms with E-state index >= 15 is 0 Å². The van der Waals surface area contributed by atoms with E-state index in [2.05, 4.69) is 295 Å². The fourth-order valence-electron chi connectivity index (χ4n) is 9.86. The minimum absolute atomic E-state index is 1.31. The quantitative estimate of drug-likeness (QED) is 0.105. The Morgan fingerprint density at radius 2 is 0.493 bits per heavy atom. The standard InChI is InChI=1S/4C15H12.C11H10/c1-11-10-12-6-2-3-8-14(12)15-9-5-4-7-13(11)15;1-11-5-4-8-14-9-12-6-2-3-7-13(12)10-15(11)14;1-11-6-9-15-13(10-11)8-7-12-4-2-3-5-14(12)15;1-11-6-7-14-9-12-4-2-3-5-13(12)10-15(14)8-11;1-9-6-7-10-4-2-3-5-11(10)8-9/h4*2-10H,1H3;2-8H,1H3. The van der Waals surface area contributed by atoms with Gasteiger partial charge in [0.15, 0.2) is 0 Å². The van der Waals surface area contributed by atoms with Gasteiger partial charge in [-0.15, -0.1) is 0 Å². The van der Waals surface area contributed by atoms with Crippen molar-refractivity contribution in [3.63, 3.8) is 0 Å². The molecule has 0 saturated carbocycles. The molecule has 14 rings (SSSR count). The molecule has 0 heteroatoms. The molecule has 0 unspecified atom stereocenters. The third kappa shape index (κ3) is 10.5. The molecule has 0 aliphatic rings. The summed E-state index contributed by atoms with van der Waals surface area (Å²) in [5.41, 5.74) is 6.65. The highest BCUT2D eigenvalue weighted by Crippen LogP contribution is 2.30. The van der Waals surface area contributed by atoms with E-state index in [1.807, 2.05) is 0 Å². The lowest BCUT2D eigenvalue weighted by atomic mass is 9.98. The molecule has 0 aliphatic carbocycles. The van der Waals surface area contributed by atoms with Crippen LogP contribution in [0.1, 0.15) is 27.8 Å². The molecule has 0 radical (unpaired) electrons. The van der Waals surface area contributed by atoms with Crippen molar-refractivity contribution in [3.8, 4) is 0 Å². The smallest absolute Gasteiger partial charge is 0.0103 e. The van der Waals surface area contributed by atoms with Crippen LogP contribution in [0.2, 0.25) is 0 Å². The summed E-state index contributed by atoms with van der Waals surface area (Å²) in [7, 11) is 0. The summed E-state index contributed by atoms with van der Waals surface area (Å²) in [5, 5.41) is 24.0. The van der Waals surface area contributed by atoms with Gasteiger partial charge in [-0.3, -0.25) is 0 Å². The maximum Gasteiger partial charge on any atom is -0.0103 e. The Labute approximate surface area is 418 Å². The molecule has 0 saturated heterocycles. The van der Waals surface area contributed by atoms with Crippen LogP contribution in [0.3, 0.4) is 0 Å². The summed E-state index contributed by atoms with van der Waals surface area (Å²) >= 11 is 0. The van der Waals surface area contributed by atoms with Gasteiger partial charge in [0.2, 0.25) is 0 Å². The van der Waals surface area contributed by atoms with Crippen molar-refractivity contribution in [1.29, 1.82) is 0 Å². The molecule has 0 aliphatic heterocycles. The highest BCUT2D eigenvalue weighted by molar-refractivity contribution is 6.09. The van der Waals surface area contributed by atoms with Crippen molar-refractivity contribution in [2.75, 3.05) is 0 Å². The first-order valence-corrected chi connectivity index (χ1v) is 24.7. The largest absolute Gasteiger partial charge is 0.0616 e. The highest BCUT2D eigenvalue weighted by atomic mass is 14.1. The summed E-state index contributed by atoms with van der Waals surface area (Å²) in [6.45, 7) is 10.7. The molecule has 0 bridgehead atoms. The second kappa shape index (κ2) is 21.0. The molecule has 0 fully saturated rings. The van der Waals surface area contributed by atoms with Crippen molar-refractivity contribution >= 4 is 97.0 Å². The number of rotatable bonds is 0. The van der Waals surface area contributed by atoms with Crippen LogP contribution in [-0.2, 0) is 0 Å². The first kappa shape index (κ1) is 46.2. The van der Waals surface area contributed by atoms with Crippen molar-refractivity contribution in [2.24, 2.45) is 0 Å². The van der Waals surface area contributed by atoms with Crippen molar-refractivity contribution in [2.45, 2.75) is 34.6 Å². The van der Waals surface area contributed by atoms with Crippen molar-refractivity contribution in [1.82, 2.24) is 0 Å². The first-order chi connectivity index (χ1) is 34.7. The van der Waals surface area contributed by atoms with Crippen LogP contribution in [0, 0.1) is 34.6 Å². The Kier molecular flexibility index (Phi) is 13.6. The normalized spacial score (nSPS) is 10.9. The summed E-state index contributed by atoms with van der Waals surface area (Å²) in [6, 6.07) is 93.0. The van der Waals surface area contributed by atoms with Gasteiger partial charge < -0.3 is 0 Å². The maximum atomic E-state index is 2.28. The summed E-state index contributed by atoms with van der Waals surface area (Å²) in [5.74, 6) is 0. The lowest BCUT2D eigenvalue weighted by Crippen LogP contribution is -1.81. The predicted molar refractivity (Wildman–Crippen MR) is 313 cm³/mol. The van der Waals surface area contributed by atoms with Gasteiger partial charge in [-0.2, -0.15) is 0 Å². The van der Waals surface area contributed by atoms with Gasteiger partial charge in [0.1, 0.15) is 0 Å². The molecule has 0 amide bonds. The first-order valence-electron chi connectivity index (χ1n) is 24.7. The predicted octanol–water partition coefficient (Wildman–Crippen LogP) is 20.4. The van der Waals surface area contributed by atoms with Gasteiger partial charge in [-0.05, 0) is 167 Å². The van der Waals surface area contributed by atoms with E-state index in [9.17, 15) is 0 Å². The van der Waals surface area contributed by atoms with Gasteiger partial charge >= 0.3 is 0 Å². The van der Waals surface area contributed by atoms with E-state index in [0.29, 0.717) is 0 Å². The minimum atomic E-state index is 1.31. The molecular weight excluding hydrogens is 853 g/mol. The molecule has 71 heavy (non-hydrogen) atoms. The Hall–Kier alpha value is -8.58. The van der Waals surface area contributed by atoms with Crippen molar-refractivity contribution in [3.05, 3.63) is 289 Å². The van der Waals surface area contributed by atoms with Crippen LogP contribution in [0.15, 0.2) is 261 Å². The molecule has 342 valence electrons. The second-order valence-corrected chi connectivity index (χ2v) is 18.9. The van der Waals surface area contributed by atoms with Crippen LogP contribution in [0.4, 0.5) is 0 Å². The zero-order valence-electron chi connectivity index (χ0n) is 41.3. The van der Waals surface area contributed by atoms with E-state index in [4.69, 9.17) is 0 Å². The van der Waals surface area contributed by atoms with Crippen LogP contribution in [0.25, 0.3) is 97.0 Å². The number of hydrogen-bond donors (Lipinski definition) is 0. The molecule has 0 nitrogen and oxygen atoms in total.